The SMILES string of the molecule is CC1(C)c2ccccc2-c2cc(-c3cccc(-c4ccc(-c5cc(-c6cc(-c7ccccc7)cc(-c7ccccc7)c6)nc(-c6ccccc6)n5)cc4)c3)ccc21. The molecular weight excluding hydrogens is 689 g/mol. The molecule has 1 heterocycles. The number of aromatic nitrogens is 2. The quantitative estimate of drug-likeness (QED) is 0.163. The monoisotopic (exact) mass is 728 g/mol. The molecule has 0 amide bonds. The van der Waals surface area contributed by atoms with Crippen LogP contribution >= 0.6 is 0 Å². The lowest BCUT2D eigenvalue weighted by Crippen LogP contribution is -2.14. The van der Waals surface area contributed by atoms with Crippen molar-refractivity contribution in [2.45, 2.75) is 19.3 Å². The average molecular weight is 729 g/mol. The van der Waals surface area contributed by atoms with Gasteiger partial charge < -0.3 is 0 Å². The molecule has 1 aliphatic rings. The molecule has 0 unspecified atom stereocenters. The van der Waals surface area contributed by atoms with Crippen LogP contribution in [-0.4, -0.2) is 9.97 Å². The first kappa shape index (κ1) is 34.3. The lowest BCUT2D eigenvalue weighted by Gasteiger charge is -2.21. The molecule has 0 bridgehead atoms. The summed E-state index contributed by atoms with van der Waals surface area (Å²) in [4.78, 5) is 10.4. The molecular formula is C55H40N2. The summed E-state index contributed by atoms with van der Waals surface area (Å²) in [6.45, 7) is 4.66. The highest BCUT2D eigenvalue weighted by atomic mass is 14.9. The number of hydrogen-bond acceptors (Lipinski definition) is 2. The van der Waals surface area contributed by atoms with Crippen molar-refractivity contribution < 1.29 is 0 Å². The molecule has 270 valence electrons. The van der Waals surface area contributed by atoms with Crippen molar-refractivity contribution in [3.63, 3.8) is 0 Å². The Morgan fingerprint density at radius 3 is 1.35 bits per heavy atom. The first-order valence-electron chi connectivity index (χ1n) is 19.6. The van der Waals surface area contributed by atoms with Crippen molar-refractivity contribution in [3.05, 3.63) is 217 Å². The Morgan fingerprint density at radius 2 is 0.702 bits per heavy atom. The zero-order chi connectivity index (χ0) is 38.3. The van der Waals surface area contributed by atoms with Crippen LogP contribution in [0, 0.1) is 0 Å². The van der Waals surface area contributed by atoms with E-state index in [4.69, 9.17) is 9.97 Å². The summed E-state index contributed by atoms with van der Waals surface area (Å²) >= 11 is 0. The normalized spacial score (nSPS) is 12.5. The third-order valence-corrected chi connectivity index (χ3v) is 11.5. The van der Waals surface area contributed by atoms with Gasteiger partial charge in [-0.15, -0.1) is 0 Å². The van der Waals surface area contributed by atoms with Gasteiger partial charge in [-0.1, -0.05) is 184 Å². The van der Waals surface area contributed by atoms with E-state index in [1.54, 1.807) is 0 Å². The second kappa shape index (κ2) is 14.2. The Balaban J connectivity index is 1.03. The first-order chi connectivity index (χ1) is 28.0. The lowest BCUT2D eigenvalue weighted by atomic mass is 9.82. The zero-order valence-corrected chi connectivity index (χ0v) is 32.0. The Morgan fingerprint density at radius 1 is 0.281 bits per heavy atom. The minimum Gasteiger partial charge on any atom is -0.228 e. The van der Waals surface area contributed by atoms with Gasteiger partial charge in [-0.25, -0.2) is 9.97 Å². The van der Waals surface area contributed by atoms with E-state index in [1.807, 2.05) is 18.2 Å². The molecule has 9 aromatic rings. The van der Waals surface area contributed by atoms with E-state index in [2.05, 4.69) is 202 Å². The predicted octanol–water partition coefficient (Wildman–Crippen LogP) is 14.5. The number of nitrogens with zero attached hydrogens (tertiary/aromatic N) is 2. The van der Waals surface area contributed by atoms with Crippen LogP contribution in [0.5, 0.6) is 0 Å². The minimum atomic E-state index is -0.00233. The van der Waals surface area contributed by atoms with E-state index in [1.165, 1.54) is 50.1 Å². The van der Waals surface area contributed by atoms with Crippen molar-refractivity contribution in [2.24, 2.45) is 0 Å². The molecule has 57 heavy (non-hydrogen) atoms. The molecule has 0 spiro atoms. The van der Waals surface area contributed by atoms with Crippen LogP contribution in [0.15, 0.2) is 206 Å². The first-order valence-corrected chi connectivity index (χ1v) is 19.6. The fourth-order valence-electron chi connectivity index (χ4n) is 8.44. The van der Waals surface area contributed by atoms with Crippen molar-refractivity contribution in [1.29, 1.82) is 0 Å². The fraction of sp³-hybridized carbons (Fsp3) is 0.0545. The Labute approximate surface area is 334 Å². The van der Waals surface area contributed by atoms with Crippen molar-refractivity contribution in [3.8, 4) is 89.5 Å². The van der Waals surface area contributed by atoms with Crippen LogP contribution in [0.3, 0.4) is 0 Å². The second-order valence-electron chi connectivity index (χ2n) is 15.4. The molecule has 1 aromatic heterocycles. The van der Waals surface area contributed by atoms with Gasteiger partial charge in [-0.05, 0) is 103 Å². The van der Waals surface area contributed by atoms with Crippen LogP contribution in [-0.2, 0) is 5.41 Å². The molecule has 0 saturated carbocycles. The number of fused-ring (bicyclic) bond motifs is 3. The largest absolute Gasteiger partial charge is 0.228 e. The standard InChI is InChI=1S/C55H40N2/c1-55(2)50-24-13-12-23-48(50)49-35-44(29-30-51(49)55)43-22-14-21-42(31-43)39-25-27-40(28-26-39)52-36-53(57-54(56-52)41-19-10-5-11-20-41)47-33-45(37-15-6-3-7-16-37)32-46(34-47)38-17-8-4-9-18-38/h3-36H,1-2H3. The van der Waals surface area contributed by atoms with Gasteiger partial charge in [0.1, 0.15) is 0 Å². The summed E-state index contributed by atoms with van der Waals surface area (Å²) in [5.41, 5.74) is 19.7. The van der Waals surface area contributed by atoms with Crippen LogP contribution < -0.4 is 0 Å². The molecule has 1 aliphatic carbocycles. The highest BCUT2D eigenvalue weighted by Crippen LogP contribution is 2.49. The molecule has 0 saturated heterocycles. The van der Waals surface area contributed by atoms with Crippen LogP contribution in [0.25, 0.3) is 89.5 Å². The highest BCUT2D eigenvalue weighted by Gasteiger charge is 2.35. The third kappa shape index (κ3) is 6.46. The maximum Gasteiger partial charge on any atom is 0.160 e. The van der Waals surface area contributed by atoms with E-state index >= 15 is 0 Å². The van der Waals surface area contributed by atoms with Gasteiger partial charge in [-0.3, -0.25) is 0 Å². The van der Waals surface area contributed by atoms with Crippen molar-refractivity contribution in [2.75, 3.05) is 0 Å². The molecule has 0 radical (unpaired) electrons. The Hall–Kier alpha value is -7.16. The molecule has 0 aliphatic heterocycles. The van der Waals surface area contributed by atoms with E-state index < -0.39 is 0 Å². The Bertz CT molecular complexity index is 2840. The maximum atomic E-state index is 5.20. The van der Waals surface area contributed by atoms with E-state index in [0.717, 1.165) is 44.8 Å². The smallest absolute Gasteiger partial charge is 0.160 e. The summed E-state index contributed by atoms with van der Waals surface area (Å²) in [5.74, 6) is 0.701. The summed E-state index contributed by atoms with van der Waals surface area (Å²) in [6, 6.07) is 73.8. The third-order valence-electron chi connectivity index (χ3n) is 11.5. The predicted molar refractivity (Wildman–Crippen MR) is 238 cm³/mol. The molecule has 2 nitrogen and oxygen atoms in total. The van der Waals surface area contributed by atoms with Crippen molar-refractivity contribution in [1.82, 2.24) is 9.97 Å². The topological polar surface area (TPSA) is 25.8 Å². The van der Waals surface area contributed by atoms with Gasteiger partial charge in [0.05, 0.1) is 11.4 Å². The lowest BCUT2D eigenvalue weighted by molar-refractivity contribution is 0.660. The zero-order valence-electron chi connectivity index (χ0n) is 32.0. The minimum absolute atomic E-state index is 0.00233. The number of benzene rings is 8. The van der Waals surface area contributed by atoms with Gasteiger partial charge in [0.15, 0.2) is 5.82 Å². The van der Waals surface area contributed by atoms with Crippen molar-refractivity contribution >= 4 is 0 Å². The van der Waals surface area contributed by atoms with Gasteiger partial charge in [0.2, 0.25) is 0 Å². The molecule has 0 atom stereocenters. The maximum absolute atomic E-state index is 5.20. The molecule has 0 fully saturated rings. The van der Waals surface area contributed by atoms with E-state index in [9.17, 15) is 0 Å². The average Bonchev–Trinajstić information content (AvgIpc) is 3.52. The fourth-order valence-corrected chi connectivity index (χ4v) is 8.44. The summed E-state index contributed by atoms with van der Waals surface area (Å²) in [5, 5.41) is 0. The summed E-state index contributed by atoms with van der Waals surface area (Å²) in [6.07, 6.45) is 0. The molecule has 2 heteroatoms. The summed E-state index contributed by atoms with van der Waals surface area (Å²) < 4.78 is 0. The van der Waals surface area contributed by atoms with Gasteiger partial charge in [0, 0.05) is 22.1 Å². The molecule has 10 rings (SSSR count). The van der Waals surface area contributed by atoms with Gasteiger partial charge >= 0.3 is 0 Å². The Kier molecular flexibility index (Phi) is 8.53. The molecule has 8 aromatic carbocycles. The highest BCUT2D eigenvalue weighted by molar-refractivity contribution is 5.86. The van der Waals surface area contributed by atoms with Crippen LogP contribution in [0.4, 0.5) is 0 Å². The number of rotatable bonds is 7. The van der Waals surface area contributed by atoms with E-state index in [-0.39, 0.29) is 5.41 Å². The van der Waals surface area contributed by atoms with Crippen LogP contribution in [0.1, 0.15) is 25.0 Å². The van der Waals surface area contributed by atoms with E-state index in [0.29, 0.717) is 5.82 Å². The molecule has 0 N–H and O–H groups in total. The summed E-state index contributed by atoms with van der Waals surface area (Å²) in [7, 11) is 0. The van der Waals surface area contributed by atoms with Crippen LogP contribution in [0.2, 0.25) is 0 Å². The van der Waals surface area contributed by atoms with Gasteiger partial charge in [-0.2, -0.15) is 0 Å². The van der Waals surface area contributed by atoms with Gasteiger partial charge in [0.25, 0.3) is 0 Å². The second-order valence-corrected chi connectivity index (χ2v) is 15.4. The number of hydrogen-bond donors (Lipinski definition) is 0.